The minimum absolute atomic E-state index is 0.102. The van der Waals surface area contributed by atoms with Crippen molar-refractivity contribution in [3.05, 3.63) is 71.8 Å². The third kappa shape index (κ3) is 4.88. The Balaban J connectivity index is 1.37. The molecule has 1 aliphatic heterocycles. The van der Waals surface area contributed by atoms with Gasteiger partial charge >= 0.3 is 0 Å². The summed E-state index contributed by atoms with van der Waals surface area (Å²) >= 11 is 0. The fourth-order valence-electron chi connectivity index (χ4n) is 5.06. The molecule has 0 spiro atoms. The van der Waals surface area contributed by atoms with Gasteiger partial charge in [-0.05, 0) is 57.1 Å². The summed E-state index contributed by atoms with van der Waals surface area (Å²) in [5, 5.41) is 8.95. The van der Waals surface area contributed by atoms with Gasteiger partial charge in [0, 0.05) is 36.9 Å². The topological polar surface area (TPSA) is 108 Å². The van der Waals surface area contributed by atoms with Gasteiger partial charge in [-0.3, -0.25) is 9.48 Å². The molecule has 1 saturated heterocycles. The zero-order valence-electron chi connectivity index (χ0n) is 22.1. The van der Waals surface area contributed by atoms with E-state index in [9.17, 15) is 4.79 Å². The molecule has 0 amide bonds. The molecule has 0 bridgehead atoms. The van der Waals surface area contributed by atoms with Gasteiger partial charge in [-0.1, -0.05) is 12.1 Å². The standard InChI is InChI=1S/C28H31N9O2/c1-4-13-36-27(38)22-18-29-28(31-20-10-11-23-19(16-20)17-30-35(23)3)33-26(22)37(36)24-8-5-9-25(32-24)39-21-7-6-14-34(2)15-12-21/h4-5,8-11,16-18,21H,1,6-7,12-15H2,2-3H3,(H,29,31,33)/t21-/m1/s1. The highest BCUT2D eigenvalue weighted by atomic mass is 16.5. The largest absolute Gasteiger partial charge is 0.474 e. The fourth-order valence-corrected chi connectivity index (χ4v) is 5.06. The van der Waals surface area contributed by atoms with Crippen LogP contribution in [0.4, 0.5) is 11.6 Å². The monoisotopic (exact) mass is 525 g/mol. The smallest absolute Gasteiger partial charge is 0.278 e. The van der Waals surface area contributed by atoms with Crippen molar-refractivity contribution < 1.29 is 4.74 Å². The van der Waals surface area contributed by atoms with Crippen molar-refractivity contribution in [2.24, 2.45) is 7.05 Å². The Bertz CT molecular complexity index is 1720. The van der Waals surface area contributed by atoms with Crippen LogP contribution >= 0.6 is 0 Å². The third-order valence-corrected chi connectivity index (χ3v) is 7.09. The molecule has 0 unspecified atom stereocenters. The normalized spacial score (nSPS) is 16.4. The molecule has 0 saturated carbocycles. The lowest BCUT2D eigenvalue weighted by Crippen LogP contribution is -2.23. The number of pyridine rings is 1. The summed E-state index contributed by atoms with van der Waals surface area (Å²) in [4.78, 5) is 29.6. The maximum atomic E-state index is 13.3. The van der Waals surface area contributed by atoms with E-state index in [1.54, 1.807) is 21.6 Å². The molecule has 1 aliphatic rings. The van der Waals surface area contributed by atoms with Crippen molar-refractivity contribution in [2.75, 3.05) is 25.5 Å². The fraction of sp³-hybridized carbons (Fsp3) is 0.321. The van der Waals surface area contributed by atoms with Crippen molar-refractivity contribution in [3.8, 4) is 11.7 Å². The summed E-state index contributed by atoms with van der Waals surface area (Å²) in [5.41, 5.74) is 2.07. The van der Waals surface area contributed by atoms with Gasteiger partial charge in [0.2, 0.25) is 11.8 Å². The van der Waals surface area contributed by atoms with Crippen LogP contribution in [0.5, 0.6) is 5.88 Å². The molecular weight excluding hydrogens is 494 g/mol. The number of ether oxygens (including phenoxy) is 1. The van der Waals surface area contributed by atoms with Gasteiger partial charge < -0.3 is 15.0 Å². The second-order valence-corrected chi connectivity index (χ2v) is 9.89. The second-order valence-electron chi connectivity index (χ2n) is 9.89. The number of hydrogen-bond acceptors (Lipinski definition) is 8. The Hall–Kier alpha value is -4.51. The van der Waals surface area contributed by atoms with E-state index in [1.165, 1.54) is 0 Å². The second kappa shape index (κ2) is 10.3. The number of hydrogen-bond donors (Lipinski definition) is 1. The Labute approximate surface area is 225 Å². The lowest BCUT2D eigenvalue weighted by molar-refractivity contribution is 0.175. The van der Waals surface area contributed by atoms with Crippen LogP contribution < -0.4 is 15.6 Å². The SMILES string of the molecule is C=CCn1c(=O)c2cnc(Nc3ccc4c(cnn4C)c3)nc2n1-c1cccc(O[C@@H]2CCCN(C)CC2)n1. The minimum Gasteiger partial charge on any atom is -0.474 e. The number of anilines is 2. The summed E-state index contributed by atoms with van der Waals surface area (Å²) < 4.78 is 11.4. The number of aromatic nitrogens is 7. The van der Waals surface area contributed by atoms with Crippen LogP contribution in [0.2, 0.25) is 0 Å². The average Bonchev–Trinajstić information content (AvgIpc) is 3.34. The van der Waals surface area contributed by atoms with Crippen LogP contribution in [0, 0.1) is 0 Å². The van der Waals surface area contributed by atoms with E-state index in [0.29, 0.717) is 28.7 Å². The number of fused-ring (bicyclic) bond motifs is 2. The lowest BCUT2D eigenvalue weighted by Gasteiger charge is -2.17. The quantitative estimate of drug-likeness (QED) is 0.321. The Morgan fingerprint density at radius 3 is 2.90 bits per heavy atom. The van der Waals surface area contributed by atoms with Crippen molar-refractivity contribution in [1.82, 2.24) is 39.0 Å². The summed E-state index contributed by atoms with van der Waals surface area (Å²) in [7, 11) is 4.04. The zero-order chi connectivity index (χ0) is 26.9. The summed E-state index contributed by atoms with van der Waals surface area (Å²) in [6.07, 6.45) is 8.15. The van der Waals surface area contributed by atoms with Crippen LogP contribution in [-0.2, 0) is 13.6 Å². The lowest BCUT2D eigenvalue weighted by atomic mass is 10.2. The van der Waals surface area contributed by atoms with Crippen molar-refractivity contribution >= 4 is 33.6 Å². The highest BCUT2D eigenvalue weighted by Crippen LogP contribution is 2.23. The molecule has 5 heterocycles. The molecule has 1 fully saturated rings. The van der Waals surface area contributed by atoms with E-state index in [4.69, 9.17) is 14.7 Å². The van der Waals surface area contributed by atoms with Crippen molar-refractivity contribution in [1.29, 1.82) is 0 Å². The highest BCUT2D eigenvalue weighted by Gasteiger charge is 2.20. The molecule has 0 radical (unpaired) electrons. The molecule has 0 aliphatic carbocycles. The first-order valence-corrected chi connectivity index (χ1v) is 13.1. The maximum absolute atomic E-state index is 13.3. The van der Waals surface area contributed by atoms with Gasteiger partial charge in [-0.15, -0.1) is 6.58 Å². The number of allylic oxidation sites excluding steroid dienone is 1. The van der Waals surface area contributed by atoms with Crippen LogP contribution in [0.15, 0.2) is 66.2 Å². The minimum atomic E-state index is -0.215. The Morgan fingerprint density at radius 2 is 2.03 bits per heavy atom. The van der Waals surface area contributed by atoms with Crippen LogP contribution in [0.3, 0.4) is 0 Å². The number of rotatable bonds is 7. The number of aryl methyl sites for hydroxylation is 1. The molecule has 200 valence electrons. The summed E-state index contributed by atoms with van der Waals surface area (Å²) in [6.45, 7) is 6.19. The molecule has 1 atom stereocenters. The Morgan fingerprint density at radius 1 is 1.13 bits per heavy atom. The predicted molar refractivity (Wildman–Crippen MR) is 151 cm³/mol. The number of likely N-dealkylation sites (tertiary alicyclic amines) is 1. The van der Waals surface area contributed by atoms with E-state index < -0.39 is 0 Å². The average molecular weight is 526 g/mol. The number of nitrogens with zero attached hydrogens (tertiary/aromatic N) is 8. The summed E-state index contributed by atoms with van der Waals surface area (Å²) in [5.74, 6) is 1.43. The predicted octanol–water partition coefficient (Wildman–Crippen LogP) is 3.66. The Kier molecular flexibility index (Phi) is 6.57. The zero-order valence-corrected chi connectivity index (χ0v) is 22.1. The van der Waals surface area contributed by atoms with Crippen molar-refractivity contribution in [3.63, 3.8) is 0 Å². The first kappa shape index (κ1) is 24.8. The van der Waals surface area contributed by atoms with Crippen LogP contribution in [0.1, 0.15) is 19.3 Å². The molecule has 5 aromatic rings. The molecular formula is C28H31N9O2. The van der Waals surface area contributed by atoms with Crippen molar-refractivity contribution in [2.45, 2.75) is 31.9 Å². The van der Waals surface area contributed by atoms with E-state index in [0.717, 1.165) is 48.9 Å². The van der Waals surface area contributed by atoms with Gasteiger partial charge in [-0.25, -0.2) is 14.3 Å². The van der Waals surface area contributed by atoms with E-state index >= 15 is 0 Å². The highest BCUT2D eigenvalue weighted by molar-refractivity contribution is 5.83. The maximum Gasteiger partial charge on any atom is 0.278 e. The van der Waals surface area contributed by atoms with E-state index in [1.807, 2.05) is 54.3 Å². The third-order valence-electron chi connectivity index (χ3n) is 7.09. The molecule has 11 nitrogen and oxygen atoms in total. The van der Waals surface area contributed by atoms with Crippen LogP contribution in [-0.4, -0.2) is 65.2 Å². The molecule has 39 heavy (non-hydrogen) atoms. The summed E-state index contributed by atoms with van der Waals surface area (Å²) in [6, 6.07) is 11.5. The first-order chi connectivity index (χ1) is 19.0. The molecule has 1 N–H and O–H groups in total. The molecule has 4 aromatic heterocycles. The molecule has 1 aromatic carbocycles. The molecule has 6 rings (SSSR count). The van der Waals surface area contributed by atoms with Gasteiger partial charge in [-0.2, -0.15) is 15.1 Å². The number of benzene rings is 1. The van der Waals surface area contributed by atoms with Gasteiger partial charge in [0.1, 0.15) is 11.5 Å². The van der Waals surface area contributed by atoms with Gasteiger partial charge in [0.05, 0.1) is 18.3 Å². The van der Waals surface area contributed by atoms with E-state index in [-0.39, 0.29) is 18.2 Å². The van der Waals surface area contributed by atoms with E-state index in [2.05, 4.69) is 33.9 Å². The molecule has 11 heteroatoms. The van der Waals surface area contributed by atoms with Gasteiger partial charge in [0.25, 0.3) is 5.56 Å². The number of nitrogens with one attached hydrogen (secondary N) is 1. The van der Waals surface area contributed by atoms with Gasteiger partial charge in [0.15, 0.2) is 11.5 Å². The van der Waals surface area contributed by atoms with Crippen LogP contribution in [0.25, 0.3) is 27.8 Å². The first-order valence-electron chi connectivity index (χ1n) is 13.1.